The zero-order chi connectivity index (χ0) is 24.8. The van der Waals surface area contributed by atoms with Gasteiger partial charge < -0.3 is 15.2 Å². The molecule has 0 aliphatic heterocycles. The molecule has 2 aromatic heterocycles. The predicted molar refractivity (Wildman–Crippen MR) is 138 cm³/mol. The van der Waals surface area contributed by atoms with E-state index in [9.17, 15) is 9.59 Å². The van der Waals surface area contributed by atoms with E-state index < -0.39 is 11.8 Å². The highest BCUT2D eigenvalue weighted by Gasteiger charge is 2.22. The molecule has 180 valence electrons. The van der Waals surface area contributed by atoms with Crippen LogP contribution in [0.4, 0.5) is 0 Å². The maximum absolute atomic E-state index is 13.0. The monoisotopic (exact) mass is 584 g/mol. The second-order valence-electron chi connectivity index (χ2n) is 7.96. The van der Waals surface area contributed by atoms with E-state index in [4.69, 9.17) is 4.52 Å². The minimum Gasteiger partial charge on any atom is -0.354 e. The number of nitrogens with zero attached hydrogens (tertiary/aromatic N) is 4. The second-order valence-corrected chi connectivity index (χ2v) is 9.04. The topological polar surface area (TPSA) is 115 Å². The molecule has 9 nitrogen and oxygen atoms in total. The van der Waals surface area contributed by atoms with Crippen molar-refractivity contribution >= 4 is 34.4 Å². The molecule has 2 amide bonds. The summed E-state index contributed by atoms with van der Waals surface area (Å²) < 4.78 is 7.95. The summed E-state index contributed by atoms with van der Waals surface area (Å²) in [7, 11) is 0. The van der Waals surface area contributed by atoms with Crippen molar-refractivity contribution in [2.24, 2.45) is 0 Å². The quantitative estimate of drug-likeness (QED) is 0.231. The number of rotatable bonds is 9. The summed E-state index contributed by atoms with van der Waals surface area (Å²) in [4.78, 5) is 29.6. The van der Waals surface area contributed by atoms with Gasteiger partial charge >= 0.3 is 11.8 Å². The van der Waals surface area contributed by atoms with Crippen LogP contribution in [0.15, 0.2) is 65.2 Å². The number of carbonyl (C=O) groups excluding carboxylic acids is 2. The molecule has 0 saturated carbocycles. The van der Waals surface area contributed by atoms with E-state index >= 15 is 0 Å². The highest BCUT2D eigenvalue weighted by Crippen LogP contribution is 2.24. The summed E-state index contributed by atoms with van der Waals surface area (Å²) in [5.41, 5.74) is 3.72. The Morgan fingerprint density at radius 1 is 0.971 bits per heavy atom. The van der Waals surface area contributed by atoms with E-state index in [1.54, 1.807) is 4.68 Å². The highest BCUT2D eigenvalue weighted by molar-refractivity contribution is 14.1. The molecular weight excluding hydrogens is 559 g/mol. The minimum atomic E-state index is -0.497. The van der Waals surface area contributed by atoms with Gasteiger partial charge in [0.15, 0.2) is 5.82 Å². The minimum absolute atomic E-state index is 0.131. The van der Waals surface area contributed by atoms with Gasteiger partial charge in [0.25, 0.3) is 0 Å². The van der Waals surface area contributed by atoms with Crippen LogP contribution < -0.4 is 10.6 Å². The van der Waals surface area contributed by atoms with Gasteiger partial charge in [0.2, 0.25) is 5.91 Å². The molecule has 0 spiro atoms. The fourth-order valence-electron chi connectivity index (χ4n) is 3.70. The molecule has 0 saturated heterocycles. The molecule has 0 fully saturated rings. The molecule has 2 N–H and O–H groups in total. The average molecular weight is 584 g/mol. The van der Waals surface area contributed by atoms with Gasteiger partial charge in [-0.3, -0.25) is 14.3 Å². The van der Waals surface area contributed by atoms with E-state index in [0.29, 0.717) is 12.4 Å². The number of amides is 2. The van der Waals surface area contributed by atoms with Gasteiger partial charge in [0.1, 0.15) is 6.54 Å². The van der Waals surface area contributed by atoms with E-state index in [2.05, 4.69) is 48.5 Å². The number of nitrogens with one attached hydrogen (secondary N) is 2. The van der Waals surface area contributed by atoms with Crippen molar-refractivity contribution in [1.29, 1.82) is 0 Å². The van der Waals surface area contributed by atoms with Gasteiger partial charge in [0.05, 0.1) is 15.2 Å². The van der Waals surface area contributed by atoms with Crippen LogP contribution in [0.25, 0.3) is 0 Å². The molecular formula is C25H25IN6O3. The van der Waals surface area contributed by atoms with Gasteiger partial charge in [0, 0.05) is 18.8 Å². The Kier molecular flexibility index (Phi) is 7.91. The first-order valence-corrected chi connectivity index (χ1v) is 12.2. The summed E-state index contributed by atoms with van der Waals surface area (Å²) in [6.07, 6.45) is 0. The lowest BCUT2D eigenvalue weighted by atomic mass is 9.90. The first-order valence-electron chi connectivity index (χ1n) is 11.1. The van der Waals surface area contributed by atoms with Crippen molar-refractivity contribution < 1.29 is 14.1 Å². The first-order chi connectivity index (χ1) is 16.9. The molecule has 0 radical (unpaired) electrons. The summed E-state index contributed by atoms with van der Waals surface area (Å²) in [6, 6.07) is 19.2. The number of aryl methyl sites for hydroxylation is 1. The number of carbonyl (C=O) groups is 2. The lowest BCUT2D eigenvalue weighted by molar-refractivity contribution is -0.121. The van der Waals surface area contributed by atoms with Crippen LogP contribution in [0.3, 0.4) is 0 Å². The van der Waals surface area contributed by atoms with Crippen molar-refractivity contribution in [1.82, 2.24) is 30.6 Å². The van der Waals surface area contributed by atoms with Crippen molar-refractivity contribution in [3.05, 3.63) is 98.5 Å². The van der Waals surface area contributed by atoms with Crippen LogP contribution in [0.5, 0.6) is 0 Å². The summed E-state index contributed by atoms with van der Waals surface area (Å²) in [5, 5.41) is 13.9. The van der Waals surface area contributed by atoms with Gasteiger partial charge in [-0.2, -0.15) is 10.1 Å². The Morgan fingerprint density at radius 3 is 2.14 bits per heavy atom. The Morgan fingerprint density at radius 2 is 1.57 bits per heavy atom. The third-order valence-electron chi connectivity index (χ3n) is 5.48. The van der Waals surface area contributed by atoms with Crippen LogP contribution >= 0.6 is 22.6 Å². The smallest absolute Gasteiger partial charge is 0.316 e. The van der Waals surface area contributed by atoms with Gasteiger partial charge in [-0.1, -0.05) is 65.8 Å². The van der Waals surface area contributed by atoms with E-state index in [-0.39, 0.29) is 24.9 Å². The second kappa shape index (κ2) is 11.3. The lowest BCUT2D eigenvalue weighted by Gasteiger charge is -2.18. The normalized spacial score (nSPS) is 11.0. The molecule has 0 aliphatic rings. The van der Waals surface area contributed by atoms with Crippen LogP contribution in [0.2, 0.25) is 0 Å². The Bertz CT molecular complexity index is 1260. The zero-order valence-corrected chi connectivity index (χ0v) is 21.5. The van der Waals surface area contributed by atoms with Gasteiger partial charge in [-0.25, -0.2) is 0 Å². The van der Waals surface area contributed by atoms with Crippen LogP contribution in [-0.2, 0) is 11.3 Å². The zero-order valence-electron chi connectivity index (χ0n) is 19.4. The molecule has 0 unspecified atom stereocenters. The predicted octanol–water partition coefficient (Wildman–Crippen LogP) is 3.21. The number of benzene rings is 2. The Labute approximate surface area is 216 Å². The fourth-order valence-corrected chi connectivity index (χ4v) is 4.09. The number of halogens is 1. The van der Waals surface area contributed by atoms with Crippen LogP contribution in [0.1, 0.15) is 44.9 Å². The molecule has 0 aliphatic carbocycles. The van der Waals surface area contributed by atoms with E-state index in [0.717, 1.165) is 26.1 Å². The number of aromatic nitrogens is 4. The molecule has 35 heavy (non-hydrogen) atoms. The average Bonchev–Trinajstić information content (AvgIpc) is 3.44. The van der Waals surface area contributed by atoms with Crippen LogP contribution in [0, 0.1) is 17.4 Å². The summed E-state index contributed by atoms with van der Waals surface area (Å²) in [5.74, 6) is -0.850. The van der Waals surface area contributed by atoms with E-state index in [1.807, 2.05) is 74.5 Å². The number of hydrogen-bond acceptors (Lipinski definition) is 6. The van der Waals surface area contributed by atoms with Gasteiger partial charge in [-0.05, 0) is 47.6 Å². The molecule has 10 heteroatoms. The molecule has 0 atom stereocenters. The summed E-state index contributed by atoms with van der Waals surface area (Å²) >= 11 is 2.24. The summed E-state index contributed by atoms with van der Waals surface area (Å²) in [6.45, 7) is 4.67. The molecule has 4 aromatic rings. The fraction of sp³-hybridized carbons (Fsp3) is 0.240. The van der Waals surface area contributed by atoms with Gasteiger partial charge in [-0.15, -0.1) is 0 Å². The maximum Gasteiger partial charge on any atom is 0.316 e. The van der Waals surface area contributed by atoms with Crippen molar-refractivity contribution in [2.45, 2.75) is 26.3 Å². The maximum atomic E-state index is 13.0. The standard InChI is InChI=1S/C25H25IN6O3/c1-16-22(26)17(2)32(30-16)15-20-29-25(35-31-20)24(34)28-14-13-27-23(33)21(18-9-5-3-6-10-18)19-11-7-4-8-12-19/h3-12,21H,13-15H2,1-2H3,(H,27,33)(H,28,34). The number of hydrogen-bond donors (Lipinski definition) is 2. The first kappa shape index (κ1) is 24.6. The van der Waals surface area contributed by atoms with Crippen molar-refractivity contribution in [3.63, 3.8) is 0 Å². The van der Waals surface area contributed by atoms with Crippen LogP contribution in [-0.4, -0.2) is 44.8 Å². The molecule has 0 bridgehead atoms. The largest absolute Gasteiger partial charge is 0.354 e. The van der Waals surface area contributed by atoms with E-state index in [1.165, 1.54) is 0 Å². The SMILES string of the molecule is Cc1nn(Cc2noc(C(=O)NCCNC(=O)C(c3ccccc3)c3ccccc3)n2)c(C)c1I. The van der Waals surface area contributed by atoms with Crippen molar-refractivity contribution in [3.8, 4) is 0 Å². The van der Waals surface area contributed by atoms with Crippen molar-refractivity contribution in [2.75, 3.05) is 13.1 Å². The third-order valence-corrected chi connectivity index (χ3v) is 7.05. The Hall–Kier alpha value is -3.54. The highest BCUT2D eigenvalue weighted by atomic mass is 127. The third kappa shape index (κ3) is 5.94. The molecule has 2 heterocycles. The Balaban J connectivity index is 1.31. The molecule has 4 rings (SSSR count). The lowest BCUT2D eigenvalue weighted by Crippen LogP contribution is -2.37. The molecule has 2 aromatic carbocycles.